The fourth-order valence-corrected chi connectivity index (χ4v) is 4.22. The van der Waals surface area contributed by atoms with Crippen molar-refractivity contribution in [2.45, 2.75) is 45.6 Å². The Balaban J connectivity index is 1.56. The third-order valence-corrected chi connectivity index (χ3v) is 5.54. The summed E-state index contributed by atoms with van der Waals surface area (Å²) in [6, 6.07) is 6.73. The Labute approximate surface area is 149 Å². The van der Waals surface area contributed by atoms with Crippen molar-refractivity contribution in [3.63, 3.8) is 0 Å². The Bertz CT molecular complexity index is 631. The molecule has 1 amide bonds. The molecule has 1 aromatic carbocycles. The fourth-order valence-electron chi connectivity index (χ4n) is 4.22. The fraction of sp³-hybridized carbons (Fsp3) is 0.600. The van der Waals surface area contributed by atoms with Gasteiger partial charge in [-0.1, -0.05) is 12.1 Å². The summed E-state index contributed by atoms with van der Waals surface area (Å²) in [6.07, 6.45) is 4.02. The number of rotatable bonds is 5. The Hall–Kier alpha value is -1.75. The van der Waals surface area contributed by atoms with Crippen LogP contribution in [0.3, 0.4) is 0 Å². The number of Topliss-reactive ketones (excluding diaryl/α,β-unsaturated/α-hetero) is 1. The van der Waals surface area contributed by atoms with Crippen molar-refractivity contribution in [1.82, 2.24) is 9.80 Å². The lowest BCUT2D eigenvalue weighted by Crippen LogP contribution is -2.45. The molecule has 1 spiro atoms. The van der Waals surface area contributed by atoms with Gasteiger partial charge >= 0.3 is 0 Å². The minimum Gasteiger partial charge on any atom is -0.342 e. The van der Waals surface area contributed by atoms with E-state index in [2.05, 4.69) is 4.90 Å². The van der Waals surface area contributed by atoms with Crippen LogP contribution < -0.4 is 0 Å². The van der Waals surface area contributed by atoms with Crippen molar-refractivity contribution in [2.24, 2.45) is 5.41 Å². The smallest absolute Gasteiger partial charge is 0.223 e. The molecule has 2 saturated heterocycles. The van der Waals surface area contributed by atoms with Crippen LogP contribution in [0.5, 0.6) is 0 Å². The molecule has 2 heterocycles. The summed E-state index contributed by atoms with van der Waals surface area (Å²) in [4.78, 5) is 27.8. The number of carbonyl (C=O) groups excluding carboxylic acids is 2. The summed E-state index contributed by atoms with van der Waals surface area (Å²) in [7, 11) is 0. The molecule has 25 heavy (non-hydrogen) atoms. The highest BCUT2D eigenvalue weighted by molar-refractivity contribution is 5.83. The SMILES string of the molecule is CC(=O)CCC(=O)N1CC[C@]2(CCCN(Cc3ccc(F)cc3)C2)C1. The minimum atomic E-state index is -0.200. The van der Waals surface area contributed by atoms with E-state index in [0.29, 0.717) is 12.8 Å². The van der Waals surface area contributed by atoms with Gasteiger partial charge in [-0.05, 0) is 50.4 Å². The lowest BCUT2D eigenvalue weighted by Gasteiger charge is -2.40. The molecule has 3 rings (SSSR count). The van der Waals surface area contributed by atoms with Crippen molar-refractivity contribution >= 4 is 11.7 Å². The van der Waals surface area contributed by atoms with Crippen LogP contribution in [0.15, 0.2) is 24.3 Å². The monoisotopic (exact) mass is 346 g/mol. The molecule has 5 heteroatoms. The van der Waals surface area contributed by atoms with Crippen molar-refractivity contribution in [3.8, 4) is 0 Å². The van der Waals surface area contributed by atoms with Crippen LogP contribution in [0.2, 0.25) is 0 Å². The van der Waals surface area contributed by atoms with E-state index >= 15 is 0 Å². The van der Waals surface area contributed by atoms with Crippen molar-refractivity contribution < 1.29 is 14.0 Å². The van der Waals surface area contributed by atoms with Crippen LogP contribution >= 0.6 is 0 Å². The van der Waals surface area contributed by atoms with E-state index in [4.69, 9.17) is 0 Å². The lowest BCUT2D eigenvalue weighted by atomic mass is 9.79. The number of halogens is 1. The summed E-state index contributed by atoms with van der Waals surface area (Å²) >= 11 is 0. The largest absolute Gasteiger partial charge is 0.342 e. The number of piperidine rings is 1. The average Bonchev–Trinajstić information content (AvgIpc) is 2.98. The van der Waals surface area contributed by atoms with Gasteiger partial charge in [-0.2, -0.15) is 0 Å². The zero-order valence-electron chi connectivity index (χ0n) is 15.0. The van der Waals surface area contributed by atoms with Gasteiger partial charge in [0, 0.05) is 44.4 Å². The van der Waals surface area contributed by atoms with E-state index in [0.717, 1.165) is 57.5 Å². The molecule has 2 aliphatic rings. The number of carbonyl (C=O) groups is 2. The summed E-state index contributed by atoms with van der Waals surface area (Å²) in [5.74, 6) is -0.0116. The van der Waals surface area contributed by atoms with Crippen LogP contribution in [-0.2, 0) is 16.1 Å². The van der Waals surface area contributed by atoms with Gasteiger partial charge in [0.2, 0.25) is 5.91 Å². The maximum atomic E-state index is 13.1. The van der Waals surface area contributed by atoms with Crippen molar-refractivity contribution in [3.05, 3.63) is 35.6 Å². The Morgan fingerprint density at radius 3 is 2.56 bits per heavy atom. The van der Waals surface area contributed by atoms with E-state index in [9.17, 15) is 14.0 Å². The van der Waals surface area contributed by atoms with Gasteiger partial charge in [0.15, 0.2) is 0 Å². The number of hydrogen-bond acceptors (Lipinski definition) is 3. The first kappa shape index (κ1) is 18.1. The highest BCUT2D eigenvalue weighted by Crippen LogP contribution is 2.39. The van der Waals surface area contributed by atoms with Gasteiger partial charge in [-0.3, -0.25) is 9.69 Å². The second-order valence-corrected chi connectivity index (χ2v) is 7.71. The molecule has 0 radical (unpaired) electrons. The Kier molecular flexibility index (Phi) is 5.52. The third kappa shape index (κ3) is 4.66. The average molecular weight is 346 g/mol. The number of nitrogens with zero attached hydrogens (tertiary/aromatic N) is 2. The maximum absolute atomic E-state index is 13.1. The molecule has 1 atom stereocenters. The topological polar surface area (TPSA) is 40.6 Å². The molecule has 2 fully saturated rings. The van der Waals surface area contributed by atoms with Crippen LogP contribution in [0.1, 0.15) is 44.6 Å². The molecule has 2 aliphatic heterocycles. The van der Waals surface area contributed by atoms with E-state index in [1.54, 1.807) is 0 Å². The minimum absolute atomic E-state index is 0.0744. The predicted molar refractivity (Wildman–Crippen MR) is 94.5 cm³/mol. The Morgan fingerprint density at radius 2 is 1.84 bits per heavy atom. The molecular weight excluding hydrogens is 319 g/mol. The molecule has 0 aromatic heterocycles. The molecular formula is C20H27FN2O2. The molecule has 0 unspecified atom stereocenters. The first-order chi connectivity index (χ1) is 12.0. The number of likely N-dealkylation sites (tertiary alicyclic amines) is 2. The molecule has 0 N–H and O–H groups in total. The highest BCUT2D eigenvalue weighted by atomic mass is 19.1. The van der Waals surface area contributed by atoms with Gasteiger partial charge in [0.25, 0.3) is 0 Å². The number of benzene rings is 1. The van der Waals surface area contributed by atoms with Gasteiger partial charge in [-0.15, -0.1) is 0 Å². The van der Waals surface area contributed by atoms with Gasteiger partial charge < -0.3 is 9.69 Å². The van der Waals surface area contributed by atoms with Crippen LogP contribution in [0.4, 0.5) is 4.39 Å². The van der Waals surface area contributed by atoms with E-state index in [1.807, 2.05) is 17.0 Å². The van der Waals surface area contributed by atoms with Crippen LogP contribution in [0.25, 0.3) is 0 Å². The molecule has 0 aliphatic carbocycles. The van der Waals surface area contributed by atoms with E-state index < -0.39 is 0 Å². The normalized spacial score (nSPS) is 24.0. The third-order valence-electron chi connectivity index (χ3n) is 5.54. The molecule has 136 valence electrons. The second-order valence-electron chi connectivity index (χ2n) is 7.71. The zero-order valence-corrected chi connectivity index (χ0v) is 15.0. The number of ketones is 1. The molecule has 4 nitrogen and oxygen atoms in total. The summed E-state index contributed by atoms with van der Waals surface area (Å²) in [5, 5.41) is 0. The van der Waals surface area contributed by atoms with Crippen molar-refractivity contribution in [2.75, 3.05) is 26.2 Å². The second kappa shape index (κ2) is 7.65. The van der Waals surface area contributed by atoms with Gasteiger partial charge in [-0.25, -0.2) is 4.39 Å². The highest BCUT2D eigenvalue weighted by Gasteiger charge is 2.42. The van der Waals surface area contributed by atoms with Gasteiger partial charge in [0.1, 0.15) is 11.6 Å². The van der Waals surface area contributed by atoms with Crippen LogP contribution in [0, 0.1) is 11.2 Å². The van der Waals surface area contributed by atoms with E-state index in [-0.39, 0.29) is 22.9 Å². The van der Waals surface area contributed by atoms with Crippen molar-refractivity contribution in [1.29, 1.82) is 0 Å². The molecule has 1 aromatic rings. The molecule has 0 bridgehead atoms. The number of amides is 1. The van der Waals surface area contributed by atoms with E-state index in [1.165, 1.54) is 19.1 Å². The summed E-state index contributed by atoms with van der Waals surface area (Å²) in [5.41, 5.74) is 1.32. The molecule has 0 saturated carbocycles. The number of hydrogen-bond donors (Lipinski definition) is 0. The van der Waals surface area contributed by atoms with Crippen LogP contribution in [-0.4, -0.2) is 47.7 Å². The standard InChI is InChI=1S/C20H27FN2O2/c1-16(24)3-8-19(25)23-12-10-20(15-23)9-2-11-22(14-20)13-17-4-6-18(21)7-5-17/h4-7H,2-3,8-15H2,1H3/t20-/m0/s1. The summed E-state index contributed by atoms with van der Waals surface area (Å²) < 4.78 is 13.1. The summed E-state index contributed by atoms with van der Waals surface area (Å²) in [6.45, 7) is 6.02. The zero-order chi connectivity index (χ0) is 17.9. The predicted octanol–water partition coefficient (Wildman–Crippen LogP) is 3.01. The first-order valence-corrected chi connectivity index (χ1v) is 9.20. The maximum Gasteiger partial charge on any atom is 0.223 e. The van der Waals surface area contributed by atoms with Gasteiger partial charge in [0.05, 0.1) is 0 Å². The lowest BCUT2D eigenvalue weighted by molar-refractivity contribution is -0.132. The quantitative estimate of drug-likeness (QED) is 0.823. The Morgan fingerprint density at radius 1 is 1.08 bits per heavy atom. The first-order valence-electron chi connectivity index (χ1n) is 9.20.